The van der Waals surface area contributed by atoms with Gasteiger partial charge in [0, 0.05) is 13.1 Å². The maximum absolute atomic E-state index is 12.1. The molecular formula is C14H26N2O3. The summed E-state index contributed by atoms with van der Waals surface area (Å²) in [4.78, 5) is 25.1. The molecule has 0 aromatic carbocycles. The van der Waals surface area contributed by atoms with Crippen LogP contribution in [0.5, 0.6) is 0 Å². The molecule has 5 heteroatoms. The van der Waals surface area contributed by atoms with Gasteiger partial charge in [-0.25, -0.2) is 9.59 Å². The molecule has 1 saturated carbocycles. The van der Waals surface area contributed by atoms with E-state index in [4.69, 9.17) is 0 Å². The fourth-order valence-corrected chi connectivity index (χ4v) is 2.25. The zero-order chi connectivity index (χ0) is 14.4. The first kappa shape index (κ1) is 15.8. The molecular weight excluding hydrogens is 244 g/mol. The fraction of sp³-hybridized carbons (Fsp3) is 0.857. The van der Waals surface area contributed by atoms with Crippen LogP contribution in [-0.2, 0) is 4.79 Å². The molecule has 1 fully saturated rings. The highest BCUT2D eigenvalue weighted by Gasteiger charge is 2.28. The topological polar surface area (TPSA) is 69.6 Å². The van der Waals surface area contributed by atoms with Crippen LogP contribution in [0, 0.1) is 11.8 Å². The maximum atomic E-state index is 12.1. The van der Waals surface area contributed by atoms with E-state index < -0.39 is 12.0 Å². The average Bonchev–Trinajstić information content (AvgIpc) is 2.33. The van der Waals surface area contributed by atoms with Crippen LogP contribution in [0.2, 0.25) is 0 Å². The highest BCUT2D eigenvalue weighted by molar-refractivity contribution is 5.82. The molecule has 1 rings (SSSR count). The fourth-order valence-electron chi connectivity index (χ4n) is 2.25. The van der Waals surface area contributed by atoms with Gasteiger partial charge in [-0.2, -0.15) is 0 Å². The quantitative estimate of drug-likeness (QED) is 0.746. The van der Waals surface area contributed by atoms with Crippen molar-refractivity contribution in [2.24, 2.45) is 11.8 Å². The molecule has 0 aromatic heterocycles. The van der Waals surface area contributed by atoms with E-state index in [9.17, 15) is 14.7 Å². The van der Waals surface area contributed by atoms with Gasteiger partial charge in [-0.1, -0.05) is 26.7 Å². The number of rotatable bonds is 7. The van der Waals surface area contributed by atoms with Crippen molar-refractivity contribution in [2.45, 2.75) is 52.5 Å². The second-order valence-corrected chi connectivity index (χ2v) is 5.49. The van der Waals surface area contributed by atoms with Crippen molar-refractivity contribution < 1.29 is 14.7 Å². The highest BCUT2D eigenvalue weighted by Crippen LogP contribution is 2.27. The van der Waals surface area contributed by atoms with Crippen molar-refractivity contribution in [1.29, 1.82) is 0 Å². The number of hydrogen-bond donors (Lipinski definition) is 2. The molecule has 0 aromatic rings. The van der Waals surface area contributed by atoms with Gasteiger partial charge in [-0.05, 0) is 31.6 Å². The van der Waals surface area contributed by atoms with Gasteiger partial charge in [0.15, 0.2) is 0 Å². The Kier molecular flexibility index (Phi) is 6.12. The lowest BCUT2D eigenvalue weighted by Gasteiger charge is -2.33. The van der Waals surface area contributed by atoms with E-state index in [1.54, 1.807) is 4.90 Å². The van der Waals surface area contributed by atoms with Crippen molar-refractivity contribution in [3.05, 3.63) is 0 Å². The third-order valence-corrected chi connectivity index (χ3v) is 4.13. The summed E-state index contributed by atoms with van der Waals surface area (Å²) < 4.78 is 0. The Morgan fingerprint density at radius 3 is 2.37 bits per heavy atom. The van der Waals surface area contributed by atoms with Crippen LogP contribution in [0.3, 0.4) is 0 Å². The van der Waals surface area contributed by atoms with Gasteiger partial charge in [0.25, 0.3) is 0 Å². The smallest absolute Gasteiger partial charge is 0.326 e. The Morgan fingerprint density at radius 2 is 2.00 bits per heavy atom. The third-order valence-electron chi connectivity index (χ3n) is 4.13. The molecule has 0 saturated heterocycles. The molecule has 0 aliphatic heterocycles. The van der Waals surface area contributed by atoms with Crippen LogP contribution in [0.1, 0.15) is 46.5 Å². The van der Waals surface area contributed by atoms with Gasteiger partial charge in [-0.3, -0.25) is 0 Å². The van der Waals surface area contributed by atoms with E-state index in [-0.39, 0.29) is 11.9 Å². The largest absolute Gasteiger partial charge is 0.480 e. The Labute approximate surface area is 115 Å². The van der Waals surface area contributed by atoms with E-state index in [2.05, 4.69) is 5.32 Å². The summed E-state index contributed by atoms with van der Waals surface area (Å²) in [5.74, 6) is -0.427. The molecule has 0 unspecified atom stereocenters. The molecule has 5 nitrogen and oxygen atoms in total. The van der Waals surface area contributed by atoms with Crippen LogP contribution in [0.4, 0.5) is 4.79 Å². The minimum absolute atomic E-state index is 0.0659. The molecule has 2 N–H and O–H groups in total. The van der Waals surface area contributed by atoms with Crippen molar-refractivity contribution >= 4 is 12.0 Å². The lowest BCUT2D eigenvalue weighted by atomic mass is 9.85. The molecule has 0 bridgehead atoms. The summed E-state index contributed by atoms with van der Waals surface area (Å²) in [6, 6.07) is -1.05. The van der Waals surface area contributed by atoms with E-state index in [0.29, 0.717) is 12.5 Å². The maximum Gasteiger partial charge on any atom is 0.326 e. The Hall–Kier alpha value is -1.26. The van der Waals surface area contributed by atoms with Gasteiger partial charge in [0.05, 0.1) is 0 Å². The predicted octanol–water partition coefficient (Wildman–Crippen LogP) is 2.32. The van der Waals surface area contributed by atoms with Crippen molar-refractivity contribution in [1.82, 2.24) is 10.2 Å². The number of nitrogens with one attached hydrogen (secondary N) is 1. The molecule has 2 atom stereocenters. The lowest BCUT2D eigenvalue weighted by molar-refractivity contribution is -0.140. The van der Waals surface area contributed by atoms with Crippen molar-refractivity contribution in [2.75, 3.05) is 13.1 Å². The first-order valence-electron chi connectivity index (χ1n) is 7.27. The molecule has 2 amide bonds. The second-order valence-electron chi connectivity index (χ2n) is 5.49. The molecule has 0 radical (unpaired) electrons. The minimum Gasteiger partial charge on any atom is -0.480 e. The van der Waals surface area contributed by atoms with Crippen LogP contribution < -0.4 is 5.32 Å². The van der Waals surface area contributed by atoms with E-state index in [0.717, 1.165) is 13.0 Å². The monoisotopic (exact) mass is 270 g/mol. The van der Waals surface area contributed by atoms with Crippen LogP contribution in [0.25, 0.3) is 0 Å². The highest BCUT2D eigenvalue weighted by atomic mass is 16.4. The molecule has 0 spiro atoms. The van der Waals surface area contributed by atoms with Crippen LogP contribution >= 0.6 is 0 Å². The van der Waals surface area contributed by atoms with Crippen molar-refractivity contribution in [3.8, 4) is 0 Å². The zero-order valence-corrected chi connectivity index (χ0v) is 12.2. The summed E-state index contributed by atoms with van der Waals surface area (Å²) in [5.41, 5.74) is 0. The number of carboxylic acids is 1. The summed E-state index contributed by atoms with van der Waals surface area (Å²) in [5, 5.41) is 11.8. The van der Waals surface area contributed by atoms with Crippen molar-refractivity contribution in [3.63, 3.8) is 0 Å². The predicted molar refractivity (Wildman–Crippen MR) is 74.0 cm³/mol. The average molecular weight is 270 g/mol. The number of carboxylic acid groups (broad SMARTS) is 1. The summed E-state index contributed by atoms with van der Waals surface area (Å²) >= 11 is 0. The van der Waals surface area contributed by atoms with Gasteiger partial charge in [0.1, 0.15) is 6.04 Å². The standard InChI is InChI=1S/C14H26N2O3/c1-4-10(3)12(13(17)18)15-14(19)16(5-2)9-11-7-6-8-11/h10-12H,4-9H2,1-3H3,(H,15,19)(H,17,18)/t10-,12-/m0/s1. The Bertz CT molecular complexity index is 316. The molecule has 110 valence electrons. The Morgan fingerprint density at radius 1 is 1.37 bits per heavy atom. The summed E-state index contributed by atoms with van der Waals surface area (Å²) in [6.45, 7) is 7.07. The lowest BCUT2D eigenvalue weighted by Crippen LogP contribution is -2.51. The first-order chi connectivity index (χ1) is 8.99. The number of amides is 2. The van der Waals surface area contributed by atoms with E-state index in [1.807, 2.05) is 20.8 Å². The first-order valence-corrected chi connectivity index (χ1v) is 7.27. The molecule has 0 heterocycles. The number of aliphatic carboxylic acids is 1. The van der Waals surface area contributed by atoms with Gasteiger partial charge < -0.3 is 15.3 Å². The Balaban J connectivity index is 2.55. The molecule has 1 aliphatic rings. The molecule has 19 heavy (non-hydrogen) atoms. The van der Waals surface area contributed by atoms with E-state index in [1.165, 1.54) is 19.3 Å². The summed E-state index contributed by atoms with van der Waals surface area (Å²) in [7, 11) is 0. The number of hydrogen-bond acceptors (Lipinski definition) is 2. The number of urea groups is 1. The van der Waals surface area contributed by atoms with Gasteiger partial charge in [-0.15, -0.1) is 0 Å². The zero-order valence-electron chi connectivity index (χ0n) is 12.2. The van der Waals surface area contributed by atoms with Crippen LogP contribution in [-0.4, -0.2) is 41.1 Å². The second kappa shape index (κ2) is 7.36. The van der Waals surface area contributed by atoms with Crippen LogP contribution in [0.15, 0.2) is 0 Å². The number of carbonyl (C=O) groups is 2. The molecule has 1 aliphatic carbocycles. The minimum atomic E-state index is -0.956. The normalized spacial score (nSPS) is 18.3. The third kappa shape index (κ3) is 4.40. The number of nitrogens with zero attached hydrogens (tertiary/aromatic N) is 1. The number of carbonyl (C=O) groups excluding carboxylic acids is 1. The summed E-state index contributed by atoms with van der Waals surface area (Å²) in [6.07, 6.45) is 4.33. The van der Waals surface area contributed by atoms with E-state index >= 15 is 0 Å². The SMILES string of the molecule is CC[C@H](C)[C@H](NC(=O)N(CC)CC1CCC1)C(=O)O. The van der Waals surface area contributed by atoms with Gasteiger partial charge >= 0.3 is 12.0 Å². The van der Waals surface area contributed by atoms with Gasteiger partial charge in [0.2, 0.25) is 0 Å².